The maximum atomic E-state index is 13.8. The molecule has 4 aromatic carbocycles. The smallest absolute Gasteiger partial charge is 0.335 e. The first-order chi connectivity index (χ1) is 21.0. The zero-order chi connectivity index (χ0) is 29.8. The standard InChI is InChI=1S/C33H26N6O4/c1-21-29(34-32(43-21)24-8-3-2-4-9-24)19-30(40)39(26-11-7-10-25(18-26)33(41)42)20-22-14-16-23(17-15-22)27-12-5-6-13-28(27)31-35-37-38-36-31/h2-18H,19-20H2,1H3,(H,41,42)(H,35,36,37,38). The van der Waals surface area contributed by atoms with E-state index in [1.165, 1.54) is 12.1 Å². The molecule has 43 heavy (non-hydrogen) atoms. The summed E-state index contributed by atoms with van der Waals surface area (Å²) in [6.45, 7) is 2.00. The first kappa shape index (κ1) is 27.3. The molecular formula is C33H26N6O4. The molecule has 0 atom stereocenters. The van der Waals surface area contributed by atoms with E-state index in [2.05, 4.69) is 25.6 Å². The molecule has 6 rings (SSSR count). The van der Waals surface area contributed by atoms with E-state index in [4.69, 9.17) is 4.42 Å². The number of nitrogens with zero attached hydrogens (tertiary/aromatic N) is 5. The second-order valence-corrected chi connectivity index (χ2v) is 9.89. The van der Waals surface area contributed by atoms with Gasteiger partial charge in [0, 0.05) is 16.8 Å². The molecule has 0 unspecified atom stereocenters. The van der Waals surface area contributed by atoms with E-state index in [9.17, 15) is 14.7 Å². The van der Waals surface area contributed by atoms with Crippen molar-refractivity contribution in [2.75, 3.05) is 4.90 Å². The third-order valence-corrected chi connectivity index (χ3v) is 7.07. The second kappa shape index (κ2) is 11.9. The highest BCUT2D eigenvalue weighted by Crippen LogP contribution is 2.30. The number of carboxylic acid groups (broad SMARTS) is 1. The highest BCUT2D eigenvalue weighted by molar-refractivity contribution is 5.96. The van der Waals surface area contributed by atoms with E-state index >= 15 is 0 Å². The maximum Gasteiger partial charge on any atom is 0.335 e. The maximum absolute atomic E-state index is 13.8. The molecule has 0 bridgehead atoms. The van der Waals surface area contributed by atoms with Crippen molar-refractivity contribution in [1.82, 2.24) is 25.6 Å². The summed E-state index contributed by atoms with van der Waals surface area (Å²) in [7, 11) is 0. The highest BCUT2D eigenvalue weighted by Gasteiger charge is 2.22. The number of tetrazole rings is 1. The number of oxazole rings is 1. The lowest BCUT2D eigenvalue weighted by molar-refractivity contribution is -0.118. The predicted octanol–water partition coefficient (Wildman–Crippen LogP) is 5.97. The quantitative estimate of drug-likeness (QED) is 0.217. The number of H-pyrrole nitrogens is 1. The molecule has 0 spiro atoms. The lowest BCUT2D eigenvalue weighted by atomic mass is 9.98. The van der Waals surface area contributed by atoms with Gasteiger partial charge in [-0.25, -0.2) is 14.9 Å². The fourth-order valence-electron chi connectivity index (χ4n) is 4.85. The number of aromatic carboxylic acids is 1. The normalized spacial score (nSPS) is 10.9. The fraction of sp³-hybridized carbons (Fsp3) is 0.0909. The molecule has 2 N–H and O–H groups in total. The van der Waals surface area contributed by atoms with Crippen LogP contribution in [0.15, 0.2) is 108 Å². The lowest BCUT2D eigenvalue weighted by Gasteiger charge is -2.23. The van der Waals surface area contributed by atoms with Gasteiger partial charge < -0.3 is 14.4 Å². The number of aryl methyl sites for hydroxylation is 1. The molecule has 0 radical (unpaired) electrons. The van der Waals surface area contributed by atoms with Gasteiger partial charge in [-0.2, -0.15) is 0 Å². The molecule has 0 saturated heterocycles. The minimum atomic E-state index is -1.07. The second-order valence-electron chi connectivity index (χ2n) is 9.89. The van der Waals surface area contributed by atoms with Crippen molar-refractivity contribution in [2.24, 2.45) is 0 Å². The summed E-state index contributed by atoms with van der Waals surface area (Å²) in [6, 6.07) is 31.5. The van der Waals surface area contributed by atoms with Crippen LogP contribution in [0.3, 0.4) is 0 Å². The number of hydrogen-bond acceptors (Lipinski definition) is 7. The van der Waals surface area contributed by atoms with Gasteiger partial charge in [0.2, 0.25) is 11.8 Å². The molecule has 0 aliphatic rings. The average Bonchev–Trinajstić information content (AvgIpc) is 3.71. The number of carbonyl (C=O) groups excluding carboxylic acids is 1. The Labute approximate surface area is 246 Å². The van der Waals surface area contributed by atoms with Crippen molar-refractivity contribution < 1.29 is 19.1 Å². The van der Waals surface area contributed by atoms with Crippen LogP contribution in [-0.2, 0) is 17.8 Å². The van der Waals surface area contributed by atoms with Gasteiger partial charge in [-0.15, -0.1) is 5.10 Å². The summed E-state index contributed by atoms with van der Waals surface area (Å²) >= 11 is 0. The molecular weight excluding hydrogens is 544 g/mol. The van der Waals surface area contributed by atoms with Crippen molar-refractivity contribution in [3.8, 4) is 34.0 Å². The van der Waals surface area contributed by atoms with E-state index in [-0.39, 0.29) is 24.4 Å². The third kappa shape index (κ3) is 5.94. The molecule has 0 aliphatic carbocycles. The Hall–Kier alpha value is -5.90. The Balaban J connectivity index is 1.29. The largest absolute Gasteiger partial charge is 0.478 e. The van der Waals surface area contributed by atoms with E-state index in [0.29, 0.717) is 28.9 Å². The van der Waals surface area contributed by atoms with Gasteiger partial charge in [0.05, 0.1) is 24.2 Å². The number of benzene rings is 4. The van der Waals surface area contributed by atoms with Crippen LogP contribution in [0.2, 0.25) is 0 Å². The Kier molecular flexibility index (Phi) is 7.56. The van der Waals surface area contributed by atoms with Crippen molar-refractivity contribution in [1.29, 1.82) is 0 Å². The number of nitrogens with one attached hydrogen (secondary N) is 1. The molecule has 0 saturated carbocycles. The van der Waals surface area contributed by atoms with E-state index in [1.807, 2.05) is 78.9 Å². The van der Waals surface area contributed by atoms with Gasteiger partial charge in [-0.1, -0.05) is 72.8 Å². The van der Waals surface area contributed by atoms with Crippen LogP contribution in [0.5, 0.6) is 0 Å². The molecule has 2 heterocycles. The number of aromatic amines is 1. The van der Waals surface area contributed by atoms with Crippen molar-refractivity contribution in [2.45, 2.75) is 19.9 Å². The van der Waals surface area contributed by atoms with Crippen LogP contribution in [0.4, 0.5) is 5.69 Å². The summed E-state index contributed by atoms with van der Waals surface area (Å²) in [5, 5.41) is 23.8. The summed E-state index contributed by atoms with van der Waals surface area (Å²) in [6.07, 6.45) is -0.0177. The zero-order valence-electron chi connectivity index (χ0n) is 23.1. The molecule has 212 valence electrons. The molecule has 6 aromatic rings. The zero-order valence-corrected chi connectivity index (χ0v) is 23.1. The number of amides is 1. The molecule has 0 aliphatic heterocycles. The molecule has 2 aromatic heterocycles. The van der Waals surface area contributed by atoms with E-state index in [1.54, 1.807) is 24.0 Å². The Morgan fingerprint density at radius 3 is 2.33 bits per heavy atom. The first-order valence-corrected chi connectivity index (χ1v) is 13.5. The predicted molar refractivity (Wildman–Crippen MR) is 160 cm³/mol. The Morgan fingerprint density at radius 1 is 0.860 bits per heavy atom. The molecule has 10 heteroatoms. The number of anilines is 1. The molecule has 0 fully saturated rings. The number of rotatable bonds is 9. The van der Waals surface area contributed by atoms with Crippen molar-refractivity contribution >= 4 is 17.6 Å². The van der Waals surface area contributed by atoms with Gasteiger partial charge >= 0.3 is 5.97 Å². The summed E-state index contributed by atoms with van der Waals surface area (Å²) in [5.41, 5.74) is 5.53. The van der Waals surface area contributed by atoms with E-state index < -0.39 is 5.97 Å². The number of hydrogen-bond donors (Lipinski definition) is 2. The molecule has 10 nitrogen and oxygen atoms in total. The highest BCUT2D eigenvalue weighted by atomic mass is 16.4. The number of carboxylic acids is 1. The van der Waals surface area contributed by atoms with Gasteiger partial charge in [0.25, 0.3) is 0 Å². The Morgan fingerprint density at radius 2 is 1.60 bits per heavy atom. The third-order valence-electron chi connectivity index (χ3n) is 7.07. The van der Waals surface area contributed by atoms with Gasteiger partial charge in [-0.05, 0) is 64.4 Å². The minimum absolute atomic E-state index is 0.0177. The van der Waals surface area contributed by atoms with Crippen molar-refractivity contribution in [3.63, 3.8) is 0 Å². The van der Waals surface area contributed by atoms with Crippen LogP contribution in [-0.4, -0.2) is 42.6 Å². The summed E-state index contributed by atoms with van der Waals surface area (Å²) in [4.78, 5) is 31.7. The Bertz CT molecular complexity index is 1880. The SMILES string of the molecule is Cc1oc(-c2ccccc2)nc1CC(=O)N(Cc1ccc(-c2ccccc2-c2nnn[nH]2)cc1)c1cccc(C(=O)O)c1. The van der Waals surface area contributed by atoms with Gasteiger partial charge in [0.1, 0.15) is 5.76 Å². The lowest BCUT2D eigenvalue weighted by Crippen LogP contribution is -2.32. The van der Waals surface area contributed by atoms with Crippen LogP contribution in [0.25, 0.3) is 34.0 Å². The van der Waals surface area contributed by atoms with Crippen LogP contribution in [0.1, 0.15) is 27.4 Å². The van der Waals surface area contributed by atoms with Crippen molar-refractivity contribution in [3.05, 3.63) is 126 Å². The fourth-order valence-corrected chi connectivity index (χ4v) is 4.85. The minimum Gasteiger partial charge on any atom is -0.478 e. The van der Waals surface area contributed by atoms with Crippen LogP contribution in [0, 0.1) is 6.92 Å². The van der Waals surface area contributed by atoms with Gasteiger partial charge in [-0.3, -0.25) is 4.79 Å². The van der Waals surface area contributed by atoms with E-state index in [0.717, 1.165) is 27.8 Å². The number of aromatic nitrogens is 5. The summed E-state index contributed by atoms with van der Waals surface area (Å²) in [5.74, 6) is 0.243. The monoisotopic (exact) mass is 570 g/mol. The van der Waals surface area contributed by atoms with Crippen LogP contribution < -0.4 is 4.90 Å². The first-order valence-electron chi connectivity index (χ1n) is 13.5. The van der Waals surface area contributed by atoms with Gasteiger partial charge in [0.15, 0.2) is 5.82 Å². The molecule has 1 amide bonds. The summed E-state index contributed by atoms with van der Waals surface area (Å²) < 4.78 is 5.87. The number of carbonyl (C=O) groups is 2. The van der Waals surface area contributed by atoms with Crippen LogP contribution >= 0.6 is 0 Å². The topological polar surface area (TPSA) is 138 Å². The average molecular weight is 571 g/mol.